The van der Waals surface area contributed by atoms with E-state index in [0.717, 1.165) is 24.1 Å². The minimum Gasteiger partial charge on any atom is -0.350 e. The molecule has 3 heterocycles. The molecule has 2 aromatic rings. The second kappa shape index (κ2) is 7.68. The number of pyridine rings is 1. The molecule has 0 aromatic carbocycles. The number of nitrogens with one attached hydrogen (secondary N) is 1. The van der Waals surface area contributed by atoms with Crippen LogP contribution in [0.15, 0.2) is 30.6 Å². The number of amides is 2. The molecule has 1 aliphatic rings. The van der Waals surface area contributed by atoms with Crippen LogP contribution in [-0.2, 0) is 18.3 Å². The zero-order valence-corrected chi connectivity index (χ0v) is 15.5. The molecule has 2 aromatic heterocycles. The lowest BCUT2D eigenvalue weighted by molar-refractivity contribution is -0.136. The Balaban J connectivity index is 1.72. The molecule has 0 aliphatic carbocycles. The Kier molecular flexibility index (Phi) is 5.35. The molecule has 138 valence electrons. The number of likely N-dealkylation sites (tertiary alicyclic amines) is 1. The molecule has 0 bridgehead atoms. The first-order chi connectivity index (χ1) is 12.5. The van der Waals surface area contributed by atoms with Gasteiger partial charge in [0, 0.05) is 50.4 Å². The lowest BCUT2D eigenvalue weighted by Crippen LogP contribution is -2.44. The van der Waals surface area contributed by atoms with Crippen molar-refractivity contribution >= 4 is 11.8 Å². The van der Waals surface area contributed by atoms with Crippen LogP contribution in [0.25, 0.3) is 0 Å². The second-order valence-electron chi connectivity index (χ2n) is 6.77. The first-order valence-corrected chi connectivity index (χ1v) is 8.98. The van der Waals surface area contributed by atoms with Crippen molar-refractivity contribution in [3.63, 3.8) is 0 Å². The first kappa shape index (κ1) is 18.1. The number of aromatic nitrogens is 3. The van der Waals surface area contributed by atoms with Gasteiger partial charge in [0.2, 0.25) is 5.91 Å². The molecule has 1 fully saturated rings. The third kappa shape index (κ3) is 3.76. The minimum atomic E-state index is -0.176. The Hall–Kier alpha value is -2.70. The number of aryl methyl sites for hydroxylation is 2. The van der Waals surface area contributed by atoms with Crippen LogP contribution in [0.5, 0.6) is 0 Å². The zero-order valence-electron chi connectivity index (χ0n) is 15.5. The van der Waals surface area contributed by atoms with Gasteiger partial charge in [0.05, 0.1) is 12.2 Å². The smallest absolute Gasteiger partial charge is 0.269 e. The van der Waals surface area contributed by atoms with Gasteiger partial charge < -0.3 is 10.2 Å². The van der Waals surface area contributed by atoms with Crippen LogP contribution in [0, 0.1) is 5.92 Å². The van der Waals surface area contributed by atoms with Crippen LogP contribution in [0.4, 0.5) is 0 Å². The van der Waals surface area contributed by atoms with Crippen molar-refractivity contribution in [1.29, 1.82) is 0 Å². The maximum atomic E-state index is 12.5. The van der Waals surface area contributed by atoms with Gasteiger partial charge in [0.25, 0.3) is 5.91 Å². The molecule has 2 amide bonds. The average molecular weight is 355 g/mol. The predicted octanol–water partition coefficient (Wildman–Crippen LogP) is 1.72. The Morgan fingerprint density at radius 2 is 2.15 bits per heavy atom. The molecule has 7 heteroatoms. The number of hydrogen-bond donors (Lipinski definition) is 1. The third-order valence-electron chi connectivity index (χ3n) is 4.98. The van der Waals surface area contributed by atoms with Crippen LogP contribution in [-0.4, -0.2) is 45.1 Å². The van der Waals surface area contributed by atoms with Gasteiger partial charge in [-0.1, -0.05) is 13.0 Å². The fourth-order valence-electron chi connectivity index (χ4n) is 3.53. The van der Waals surface area contributed by atoms with Crippen LogP contribution < -0.4 is 5.32 Å². The van der Waals surface area contributed by atoms with Gasteiger partial charge in [-0.2, -0.15) is 5.10 Å². The first-order valence-electron chi connectivity index (χ1n) is 8.98. The summed E-state index contributed by atoms with van der Waals surface area (Å²) < 4.78 is 1.73. The van der Waals surface area contributed by atoms with Crippen molar-refractivity contribution < 1.29 is 9.59 Å². The summed E-state index contributed by atoms with van der Waals surface area (Å²) in [6, 6.07) is 5.41. The van der Waals surface area contributed by atoms with Crippen LogP contribution >= 0.6 is 0 Å². The van der Waals surface area contributed by atoms with E-state index < -0.39 is 0 Å². The fraction of sp³-hybridized carbons (Fsp3) is 0.474. The largest absolute Gasteiger partial charge is 0.350 e. The van der Waals surface area contributed by atoms with Gasteiger partial charge in [-0.15, -0.1) is 0 Å². The predicted molar refractivity (Wildman–Crippen MR) is 97.4 cm³/mol. The van der Waals surface area contributed by atoms with Gasteiger partial charge in [-0.05, 0) is 25.0 Å². The normalized spacial score (nSPS) is 20.3. The molecule has 26 heavy (non-hydrogen) atoms. The Labute approximate surface area is 153 Å². The summed E-state index contributed by atoms with van der Waals surface area (Å²) in [6.45, 7) is 2.51. The van der Waals surface area contributed by atoms with Gasteiger partial charge >= 0.3 is 0 Å². The topological polar surface area (TPSA) is 80.1 Å². The maximum Gasteiger partial charge on any atom is 0.269 e. The summed E-state index contributed by atoms with van der Waals surface area (Å²) in [6.07, 6.45) is 5.75. The van der Waals surface area contributed by atoms with E-state index in [1.165, 1.54) is 0 Å². The maximum absolute atomic E-state index is 12.5. The Morgan fingerprint density at radius 1 is 1.35 bits per heavy atom. The van der Waals surface area contributed by atoms with Crippen molar-refractivity contribution in [2.45, 2.75) is 32.2 Å². The van der Waals surface area contributed by atoms with Crippen LogP contribution in [0.2, 0.25) is 0 Å². The van der Waals surface area contributed by atoms with Gasteiger partial charge in [0.1, 0.15) is 5.69 Å². The van der Waals surface area contributed by atoms with E-state index in [0.29, 0.717) is 18.7 Å². The highest BCUT2D eigenvalue weighted by Gasteiger charge is 2.35. The fourth-order valence-corrected chi connectivity index (χ4v) is 3.53. The zero-order chi connectivity index (χ0) is 18.7. The molecule has 0 radical (unpaired) electrons. The summed E-state index contributed by atoms with van der Waals surface area (Å²) in [7, 11) is 3.68. The average Bonchev–Trinajstić information content (AvgIpc) is 3.08. The van der Waals surface area contributed by atoms with Crippen LogP contribution in [0.3, 0.4) is 0 Å². The van der Waals surface area contributed by atoms with Crippen molar-refractivity contribution in [3.8, 4) is 0 Å². The number of carbonyl (C=O) groups excluding carboxylic acids is 2. The molecule has 1 saturated heterocycles. The molecule has 3 rings (SSSR count). The molecular weight excluding hydrogens is 330 g/mol. The van der Waals surface area contributed by atoms with Crippen molar-refractivity contribution in [3.05, 3.63) is 47.5 Å². The lowest BCUT2D eigenvalue weighted by atomic mass is 9.85. The second-order valence-corrected chi connectivity index (χ2v) is 6.77. The van der Waals surface area contributed by atoms with E-state index in [2.05, 4.69) is 15.4 Å². The SMILES string of the molecule is CCc1cccc(C(=O)NC[C@H]2CCC(=O)N(C)[C@@H]2c2cnn(C)c2)n1. The van der Waals surface area contributed by atoms with E-state index in [-0.39, 0.29) is 23.8 Å². The third-order valence-corrected chi connectivity index (χ3v) is 4.98. The molecule has 7 nitrogen and oxygen atoms in total. The molecule has 1 N–H and O–H groups in total. The van der Waals surface area contributed by atoms with Gasteiger partial charge in [-0.3, -0.25) is 14.3 Å². The molecule has 0 spiro atoms. The highest BCUT2D eigenvalue weighted by molar-refractivity contribution is 5.92. The van der Waals surface area contributed by atoms with Crippen molar-refractivity contribution in [1.82, 2.24) is 25.0 Å². The highest BCUT2D eigenvalue weighted by atomic mass is 16.2. The van der Waals surface area contributed by atoms with Gasteiger partial charge in [-0.25, -0.2) is 4.98 Å². The Bertz CT molecular complexity index is 801. The highest BCUT2D eigenvalue weighted by Crippen LogP contribution is 2.35. The van der Waals surface area contributed by atoms with Gasteiger partial charge in [0.15, 0.2) is 0 Å². The molecule has 0 saturated carbocycles. The van der Waals surface area contributed by atoms with E-state index in [4.69, 9.17) is 0 Å². The summed E-state index contributed by atoms with van der Waals surface area (Å²) in [5.41, 5.74) is 2.32. The number of rotatable bonds is 5. The van der Waals surface area contributed by atoms with Crippen molar-refractivity contribution in [2.75, 3.05) is 13.6 Å². The number of carbonyl (C=O) groups is 2. The Morgan fingerprint density at radius 3 is 2.85 bits per heavy atom. The summed E-state index contributed by atoms with van der Waals surface area (Å²) in [4.78, 5) is 30.8. The van der Waals surface area contributed by atoms with E-state index in [1.54, 1.807) is 21.8 Å². The monoisotopic (exact) mass is 355 g/mol. The van der Waals surface area contributed by atoms with Crippen LogP contribution in [0.1, 0.15) is 47.6 Å². The summed E-state index contributed by atoms with van der Waals surface area (Å²) >= 11 is 0. The summed E-state index contributed by atoms with van der Waals surface area (Å²) in [5.74, 6) is 0.0868. The number of hydrogen-bond acceptors (Lipinski definition) is 4. The molecular formula is C19H25N5O2. The van der Waals surface area contributed by atoms with Crippen molar-refractivity contribution in [2.24, 2.45) is 13.0 Å². The van der Waals surface area contributed by atoms with E-state index >= 15 is 0 Å². The molecule has 0 unspecified atom stereocenters. The molecule has 1 aliphatic heterocycles. The number of piperidine rings is 1. The standard InChI is InChI=1S/C19H25N5O2/c1-4-15-6-5-7-16(22-15)19(26)20-10-13-8-9-17(25)24(3)18(13)14-11-21-23(2)12-14/h5-7,11-13,18H,4,8-10H2,1-3H3,(H,20,26)/t13-,18+/m1/s1. The quantitative estimate of drug-likeness (QED) is 0.885. The summed E-state index contributed by atoms with van der Waals surface area (Å²) in [5, 5.41) is 7.22. The van der Waals surface area contributed by atoms with E-state index in [9.17, 15) is 9.59 Å². The number of nitrogens with zero attached hydrogens (tertiary/aromatic N) is 4. The molecule has 2 atom stereocenters. The minimum absolute atomic E-state index is 0.0832. The lowest BCUT2D eigenvalue weighted by Gasteiger charge is -2.38. The van der Waals surface area contributed by atoms with E-state index in [1.807, 2.05) is 39.3 Å².